The zero-order valence-electron chi connectivity index (χ0n) is 59.7. The van der Waals surface area contributed by atoms with Crippen molar-refractivity contribution in [2.45, 2.75) is 267 Å². The maximum absolute atomic E-state index is 9.80. The second-order valence-corrected chi connectivity index (χ2v) is 15.3. The molecule has 0 aliphatic rings. The van der Waals surface area contributed by atoms with E-state index in [-0.39, 0.29) is 0 Å². The lowest BCUT2D eigenvalue weighted by molar-refractivity contribution is -0.131. The molecule has 0 saturated heterocycles. The molecule has 20 N–H and O–H groups in total. The second kappa shape index (κ2) is 277. The molecule has 0 spiro atoms. The molecule has 0 aliphatic heterocycles. The number of carboxylic acid groups (broad SMARTS) is 1. The summed E-state index contributed by atoms with van der Waals surface area (Å²) in [7, 11) is 0. The molecule has 0 heterocycles. The van der Waals surface area contributed by atoms with Crippen molar-refractivity contribution in [3.8, 4) is 0 Å². The Morgan fingerprint density at radius 3 is 0.341 bits per heavy atom. The molecule has 0 bridgehead atoms. The van der Waals surface area contributed by atoms with E-state index in [0.717, 1.165) is 134 Å². The molecule has 0 saturated carbocycles. The van der Waals surface area contributed by atoms with Gasteiger partial charge in [-0.1, -0.05) is 138 Å². The molecule has 85 heavy (non-hydrogen) atoms. The van der Waals surface area contributed by atoms with Crippen molar-refractivity contribution in [3.05, 3.63) is 12.3 Å². The highest BCUT2D eigenvalue weighted by atomic mass is 16.5. The van der Waals surface area contributed by atoms with Crippen LogP contribution in [0.3, 0.4) is 0 Å². The summed E-state index contributed by atoms with van der Waals surface area (Å²) in [5, 5.41) is 158. The summed E-state index contributed by atoms with van der Waals surface area (Å²) in [5.74, 6) is -0.980. The molecule has 0 rings (SSSR count). The Labute approximate surface area is 527 Å². The van der Waals surface area contributed by atoms with E-state index in [4.69, 9.17) is 107 Å². The number of aliphatic hydroxyl groups excluding tert-OH is 19. The van der Waals surface area contributed by atoms with Gasteiger partial charge in [0.25, 0.3) is 0 Å². The highest BCUT2D eigenvalue weighted by molar-refractivity contribution is 5.79. The molecule has 0 atom stereocenters. The molecular formula is C63H162O22. The molecular weight excluding hydrogens is 1110 g/mol. The maximum atomic E-state index is 9.80. The van der Waals surface area contributed by atoms with Crippen LogP contribution in [0.2, 0.25) is 0 Å². The summed E-state index contributed by atoms with van der Waals surface area (Å²) in [6.07, 6.45) is 19.7. The van der Waals surface area contributed by atoms with Gasteiger partial charge >= 0.3 is 5.97 Å². The van der Waals surface area contributed by atoms with Crippen LogP contribution in [0, 0.1) is 0 Å². The standard InChI is InChI=1S/C6H10O3.19C3H8O/c1-2-4-9-5-3-6(7)8;19*1-2-3-4/h3,5H,2,4H2,1H3,(H,7,8);19*4H,2-3H2,1H3. The van der Waals surface area contributed by atoms with Crippen LogP contribution >= 0.6 is 0 Å². The van der Waals surface area contributed by atoms with E-state index in [2.05, 4.69) is 0 Å². The smallest absolute Gasteiger partial charge is 0.331 e. The number of ether oxygens (including phenoxy) is 1. The third-order valence-corrected chi connectivity index (χ3v) is 4.88. The fourth-order valence-electron chi connectivity index (χ4n) is 0.292. The molecule has 22 nitrogen and oxygen atoms in total. The normalized spacial score (nSPS) is 7.75. The number of aliphatic hydroxyl groups is 19. The minimum atomic E-state index is -0.980. The minimum absolute atomic E-state index is 0.319. The molecule has 0 aliphatic carbocycles. The summed E-state index contributed by atoms with van der Waals surface area (Å²) in [5.41, 5.74) is 0. The van der Waals surface area contributed by atoms with Crippen molar-refractivity contribution in [1.29, 1.82) is 0 Å². The first-order chi connectivity index (χ1) is 40.6. The second-order valence-electron chi connectivity index (χ2n) is 15.3. The van der Waals surface area contributed by atoms with Crippen LogP contribution in [0.4, 0.5) is 0 Å². The fourth-order valence-corrected chi connectivity index (χ4v) is 0.292. The van der Waals surface area contributed by atoms with Gasteiger partial charge in [0, 0.05) is 126 Å². The highest BCUT2D eigenvalue weighted by Crippen LogP contribution is 1.81. The van der Waals surface area contributed by atoms with Gasteiger partial charge < -0.3 is 107 Å². The van der Waals surface area contributed by atoms with Gasteiger partial charge in [0.1, 0.15) is 0 Å². The molecule has 0 aromatic heterocycles. The summed E-state index contributed by atoms with van der Waals surface area (Å²) in [6, 6.07) is 0. The number of hydrogen-bond donors (Lipinski definition) is 20. The van der Waals surface area contributed by atoms with Gasteiger partial charge in [0.05, 0.1) is 18.9 Å². The van der Waals surface area contributed by atoms with Crippen LogP contribution < -0.4 is 0 Å². The van der Waals surface area contributed by atoms with Crippen molar-refractivity contribution < 1.29 is 112 Å². The van der Waals surface area contributed by atoms with Gasteiger partial charge in [-0.2, -0.15) is 0 Å². The first kappa shape index (κ1) is 141. The number of aliphatic carboxylic acids is 1. The van der Waals surface area contributed by atoms with E-state index < -0.39 is 5.97 Å². The number of carbonyl (C=O) groups is 1. The third-order valence-electron chi connectivity index (χ3n) is 4.88. The van der Waals surface area contributed by atoms with Crippen molar-refractivity contribution in [3.63, 3.8) is 0 Å². The van der Waals surface area contributed by atoms with Gasteiger partial charge in [-0.25, -0.2) is 4.79 Å². The maximum Gasteiger partial charge on any atom is 0.331 e. The van der Waals surface area contributed by atoms with Crippen LogP contribution in [-0.2, 0) is 9.53 Å². The average Bonchev–Trinajstić information content (AvgIpc) is 3.58. The molecule has 546 valence electrons. The number of rotatable bonds is 23. The van der Waals surface area contributed by atoms with Crippen molar-refractivity contribution in [1.82, 2.24) is 0 Å². The Morgan fingerprint density at radius 2 is 0.294 bits per heavy atom. The van der Waals surface area contributed by atoms with Gasteiger partial charge in [-0.15, -0.1) is 0 Å². The van der Waals surface area contributed by atoms with Gasteiger partial charge in [-0.05, 0) is 128 Å². The average molecular weight is 1270 g/mol. The lowest BCUT2D eigenvalue weighted by atomic mass is 10.5. The molecule has 0 fully saturated rings. The molecule has 0 aromatic carbocycles. The van der Waals surface area contributed by atoms with Crippen molar-refractivity contribution in [2.24, 2.45) is 0 Å². The fraction of sp³-hybridized carbons (Fsp3) is 0.952. The van der Waals surface area contributed by atoms with Crippen LogP contribution in [-0.4, -0.2) is 240 Å². The van der Waals surface area contributed by atoms with Crippen LogP contribution in [0.5, 0.6) is 0 Å². The Bertz CT molecular complexity index is 456. The van der Waals surface area contributed by atoms with Crippen LogP contribution in [0.25, 0.3) is 0 Å². The van der Waals surface area contributed by atoms with E-state index in [0.29, 0.717) is 132 Å². The first-order valence-corrected chi connectivity index (χ1v) is 31.7. The Balaban J connectivity index is -0.0000000292. The first-order valence-electron chi connectivity index (χ1n) is 31.7. The van der Waals surface area contributed by atoms with E-state index in [1.807, 2.05) is 138 Å². The highest BCUT2D eigenvalue weighted by Gasteiger charge is 1.83. The Kier molecular flexibility index (Phi) is 459. The zero-order valence-corrected chi connectivity index (χ0v) is 59.7. The summed E-state index contributed by atoms with van der Waals surface area (Å²) < 4.78 is 4.73. The zero-order chi connectivity index (χ0) is 72.0. The monoisotopic (exact) mass is 1270 g/mol. The van der Waals surface area contributed by atoms with E-state index >= 15 is 0 Å². The topological polar surface area (TPSA) is 431 Å². The van der Waals surface area contributed by atoms with Crippen molar-refractivity contribution >= 4 is 5.97 Å². The lowest BCUT2D eigenvalue weighted by Crippen LogP contribution is -1.88. The largest absolute Gasteiger partial charge is 0.501 e. The van der Waals surface area contributed by atoms with Crippen molar-refractivity contribution in [2.75, 3.05) is 132 Å². The van der Waals surface area contributed by atoms with Crippen LogP contribution in [0.15, 0.2) is 12.3 Å². The van der Waals surface area contributed by atoms with Gasteiger partial charge in [-0.3, -0.25) is 0 Å². The quantitative estimate of drug-likeness (QED) is 0.0259. The minimum Gasteiger partial charge on any atom is -0.501 e. The Hall–Kier alpha value is -1.75. The molecule has 0 aromatic rings. The number of carboxylic acids is 1. The molecule has 0 radical (unpaired) electrons. The third kappa shape index (κ3) is 980. The van der Waals surface area contributed by atoms with E-state index in [9.17, 15) is 4.79 Å². The van der Waals surface area contributed by atoms with E-state index in [1.54, 1.807) is 0 Å². The predicted molar refractivity (Wildman–Crippen MR) is 363 cm³/mol. The van der Waals surface area contributed by atoms with Crippen LogP contribution in [0.1, 0.15) is 267 Å². The summed E-state index contributed by atoms with van der Waals surface area (Å²) in [6.45, 7) is 45.3. The summed E-state index contributed by atoms with van der Waals surface area (Å²) >= 11 is 0. The molecule has 0 amide bonds. The Morgan fingerprint density at radius 1 is 0.212 bits per heavy atom. The van der Waals surface area contributed by atoms with E-state index in [1.165, 1.54) is 6.26 Å². The van der Waals surface area contributed by atoms with Gasteiger partial charge in [0.15, 0.2) is 0 Å². The predicted octanol–water partition coefficient (Wildman–Crippen LogP) is 8.40. The molecule has 0 unspecified atom stereocenters. The van der Waals surface area contributed by atoms with Gasteiger partial charge in [0.2, 0.25) is 0 Å². The molecule has 22 heteroatoms. The lowest BCUT2D eigenvalue weighted by Gasteiger charge is -1.92. The number of hydrogen-bond acceptors (Lipinski definition) is 21. The SMILES string of the molecule is CCCO.CCCO.CCCO.CCCO.CCCO.CCCO.CCCO.CCCO.CCCO.CCCO.CCCO.CCCO.CCCO.CCCO.CCCO.CCCO.CCCO.CCCO.CCCO.CCCOC=CC(=O)O. The summed E-state index contributed by atoms with van der Waals surface area (Å²) in [4.78, 5) is 9.80.